The molecule has 33 heavy (non-hydrogen) atoms. The van der Waals surface area contributed by atoms with Gasteiger partial charge >= 0.3 is 6.18 Å². The molecule has 2 aliphatic rings. The monoisotopic (exact) mass is 470 g/mol. The lowest BCUT2D eigenvalue weighted by atomic mass is 10.1. The Balaban J connectivity index is 1.46. The number of furan rings is 1. The van der Waals surface area contributed by atoms with Crippen molar-refractivity contribution in [2.75, 3.05) is 13.1 Å². The van der Waals surface area contributed by atoms with Crippen molar-refractivity contribution in [1.82, 2.24) is 19.3 Å². The summed E-state index contributed by atoms with van der Waals surface area (Å²) in [6.07, 6.45) is 5.07. The molecule has 4 aromatic heterocycles. The Morgan fingerprint density at radius 1 is 1.24 bits per heavy atom. The Morgan fingerprint density at radius 2 is 2.09 bits per heavy atom. The van der Waals surface area contributed by atoms with Crippen LogP contribution in [0.5, 0.6) is 0 Å². The Bertz CT molecular complexity index is 1380. The first kappa shape index (κ1) is 20.2. The van der Waals surface area contributed by atoms with Gasteiger partial charge in [0.15, 0.2) is 5.69 Å². The van der Waals surface area contributed by atoms with Crippen LogP contribution in [0.4, 0.5) is 13.2 Å². The van der Waals surface area contributed by atoms with E-state index in [4.69, 9.17) is 4.42 Å². The van der Waals surface area contributed by atoms with E-state index in [-0.39, 0.29) is 23.2 Å². The van der Waals surface area contributed by atoms with Gasteiger partial charge in [0, 0.05) is 53.5 Å². The molecule has 0 atom stereocenters. The topological polar surface area (TPSA) is 63.6 Å². The molecule has 168 valence electrons. The number of imidazole rings is 1. The van der Waals surface area contributed by atoms with E-state index >= 15 is 0 Å². The number of hydrogen-bond donors (Lipinski definition) is 0. The molecule has 1 aliphatic heterocycles. The van der Waals surface area contributed by atoms with Gasteiger partial charge in [-0.1, -0.05) is 6.08 Å². The van der Waals surface area contributed by atoms with Crippen LogP contribution >= 0.6 is 11.3 Å². The number of amides is 1. The van der Waals surface area contributed by atoms with Crippen LogP contribution in [0.3, 0.4) is 0 Å². The molecule has 1 fully saturated rings. The quantitative estimate of drug-likeness (QED) is 0.396. The fourth-order valence-corrected chi connectivity index (χ4v) is 4.93. The number of alkyl halides is 3. The lowest BCUT2D eigenvalue weighted by Crippen LogP contribution is -2.30. The molecule has 0 radical (unpaired) electrons. The highest BCUT2D eigenvalue weighted by Crippen LogP contribution is 2.44. The molecule has 1 saturated carbocycles. The van der Waals surface area contributed by atoms with Gasteiger partial charge in [-0.3, -0.25) is 4.79 Å². The van der Waals surface area contributed by atoms with Gasteiger partial charge in [-0.25, -0.2) is 9.97 Å². The number of halogens is 3. The number of rotatable bonds is 4. The summed E-state index contributed by atoms with van der Waals surface area (Å²) >= 11 is 1.49. The average Bonchev–Trinajstić information content (AvgIpc) is 3.31. The molecule has 4 aromatic rings. The summed E-state index contributed by atoms with van der Waals surface area (Å²) in [6.45, 7) is 0.731. The zero-order chi connectivity index (χ0) is 22.7. The summed E-state index contributed by atoms with van der Waals surface area (Å²) in [5.41, 5.74) is 1.36. The molecule has 0 N–H and O–H groups in total. The Hall–Kier alpha value is -3.40. The Kier molecular flexibility index (Phi) is 4.48. The smallest absolute Gasteiger partial charge is 0.420 e. The van der Waals surface area contributed by atoms with Crippen molar-refractivity contribution in [3.8, 4) is 11.1 Å². The van der Waals surface area contributed by atoms with Crippen LogP contribution in [0.15, 0.2) is 52.9 Å². The minimum absolute atomic E-state index is 0.00799. The fraction of sp³-hybridized carbons (Fsp3) is 0.261. The van der Waals surface area contributed by atoms with Gasteiger partial charge in [-0.15, -0.1) is 11.3 Å². The number of thiazole rings is 1. The summed E-state index contributed by atoms with van der Waals surface area (Å²) in [7, 11) is 0. The second-order valence-corrected chi connectivity index (χ2v) is 9.11. The van der Waals surface area contributed by atoms with Gasteiger partial charge in [0.2, 0.25) is 0 Å². The van der Waals surface area contributed by atoms with Gasteiger partial charge < -0.3 is 13.7 Å². The van der Waals surface area contributed by atoms with Crippen LogP contribution in [0, 0.1) is 0 Å². The van der Waals surface area contributed by atoms with Crippen molar-refractivity contribution in [1.29, 1.82) is 0 Å². The molecular weight excluding hydrogens is 453 g/mol. The molecular formula is C23H17F3N4O2S. The third-order valence-electron chi connectivity index (χ3n) is 6.00. The van der Waals surface area contributed by atoms with E-state index in [0.29, 0.717) is 29.9 Å². The van der Waals surface area contributed by atoms with Crippen LogP contribution in [-0.4, -0.2) is 38.3 Å². The largest absolute Gasteiger partial charge is 0.472 e. The van der Waals surface area contributed by atoms with E-state index in [2.05, 4.69) is 9.97 Å². The summed E-state index contributed by atoms with van der Waals surface area (Å²) in [5.74, 6) is -0.352. The maximum absolute atomic E-state index is 14.0. The van der Waals surface area contributed by atoms with Gasteiger partial charge in [-0.05, 0) is 25.0 Å². The average molecular weight is 470 g/mol. The van der Waals surface area contributed by atoms with Crippen LogP contribution in [-0.2, 0) is 6.18 Å². The predicted octanol–water partition coefficient (Wildman–Crippen LogP) is 5.49. The van der Waals surface area contributed by atoms with E-state index in [9.17, 15) is 18.0 Å². The molecule has 1 amide bonds. The predicted molar refractivity (Wildman–Crippen MR) is 116 cm³/mol. The van der Waals surface area contributed by atoms with Crippen molar-refractivity contribution >= 4 is 28.5 Å². The molecule has 5 heterocycles. The van der Waals surface area contributed by atoms with Crippen LogP contribution < -0.4 is 0 Å². The number of fused-ring (bicyclic) bond motifs is 1. The highest BCUT2D eigenvalue weighted by Gasteiger charge is 2.40. The van der Waals surface area contributed by atoms with Crippen LogP contribution in [0.2, 0.25) is 0 Å². The highest BCUT2D eigenvalue weighted by atomic mass is 32.1. The van der Waals surface area contributed by atoms with Gasteiger partial charge in [0.05, 0.1) is 23.8 Å². The summed E-state index contributed by atoms with van der Waals surface area (Å²) in [6, 6.07) is 2.67. The molecule has 6 rings (SSSR count). The number of hydrogen-bond acceptors (Lipinski definition) is 5. The minimum Gasteiger partial charge on any atom is -0.472 e. The molecule has 0 spiro atoms. The molecule has 10 heteroatoms. The maximum atomic E-state index is 14.0. The number of carbonyl (C=O) groups excluding carboxylic acids is 1. The molecule has 0 unspecified atom stereocenters. The number of carbonyl (C=O) groups is 1. The van der Waals surface area contributed by atoms with Gasteiger partial charge in [0.25, 0.3) is 5.91 Å². The normalized spacial score (nSPS) is 16.6. The lowest BCUT2D eigenvalue weighted by molar-refractivity contribution is -0.136. The van der Waals surface area contributed by atoms with Crippen LogP contribution in [0.25, 0.3) is 22.3 Å². The van der Waals surface area contributed by atoms with E-state index < -0.39 is 11.7 Å². The molecule has 0 aromatic carbocycles. The fourth-order valence-electron chi connectivity index (χ4n) is 4.26. The van der Waals surface area contributed by atoms with E-state index in [1.165, 1.54) is 28.3 Å². The first-order chi connectivity index (χ1) is 15.9. The number of nitrogens with zero attached hydrogens (tertiary/aromatic N) is 4. The first-order valence-electron chi connectivity index (χ1n) is 10.4. The van der Waals surface area contributed by atoms with Crippen molar-refractivity contribution in [2.24, 2.45) is 0 Å². The second-order valence-electron chi connectivity index (χ2n) is 8.22. The third-order valence-corrected chi connectivity index (χ3v) is 6.85. The SMILES string of the molecule is O=C(c1nc2c(C(F)(F)F)cc(-c3ccoc3)cn2c1C1CC1)N1CC=C(c2nccs2)C1. The highest BCUT2D eigenvalue weighted by molar-refractivity contribution is 7.10. The maximum Gasteiger partial charge on any atom is 0.420 e. The van der Waals surface area contributed by atoms with E-state index in [0.717, 1.165) is 29.5 Å². The summed E-state index contributed by atoms with van der Waals surface area (Å²) in [4.78, 5) is 23.6. The third kappa shape index (κ3) is 3.45. The summed E-state index contributed by atoms with van der Waals surface area (Å²) in [5, 5.41) is 2.70. The first-order valence-corrected chi connectivity index (χ1v) is 11.3. The van der Waals surface area contributed by atoms with Crippen molar-refractivity contribution in [2.45, 2.75) is 24.9 Å². The zero-order valence-electron chi connectivity index (χ0n) is 17.2. The van der Waals surface area contributed by atoms with Crippen LogP contribution in [0.1, 0.15) is 45.5 Å². The Labute approximate surface area is 190 Å². The van der Waals surface area contributed by atoms with Crippen molar-refractivity contribution in [3.05, 3.63) is 70.5 Å². The molecule has 6 nitrogen and oxygen atoms in total. The lowest BCUT2D eigenvalue weighted by Gasteiger charge is -2.16. The standard InChI is InChI=1S/C23H17F3N4O2S/c24-23(25,26)17-9-16(15-4-7-32-12-15)11-30-19(13-1-2-13)18(28-20(17)30)22(31)29-6-3-14(10-29)21-27-5-8-33-21/h3-5,7-9,11-13H,1-2,6,10H2. The van der Waals surface area contributed by atoms with E-state index in [1.54, 1.807) is 23.4 Å². The summed E-state index contributed by atoms with van der Waals surface area (Å²) < 4.78 is 48.6. The molecule has 0 saturated heterocycles. The van der Waals surface area contributed by atoms with E-state index in [1.807, 2.05) is 11.5 Å². The van der Waals surface area contributed by atoms with Crippen molar-refractivity contribution in [3.63, 3.8) is 0 Å². The molecule has 0 bridgehead atoms. The number of aromatic nitrogens is 3. The van der Waals surface area contributed by atoms with Crippen molar-refractivity contribution < 1.29 is 22.4 Å². The Morgan fingerprint density at radius 3 is 2.76 bits per heavy atom. The second kappa shape index (κ2) is 7.31. The van der Waals surface area contributed by atoms with Gasteiger partial charge in [-0.2, -0.15) is 13.2 Å². The number of pyridine rings is 1. The minimum atomic E-state index is -4.62. The zero-order valence-corrected chi connectivity index (χ0v) is 18.0. The molecule has 1 aliphatic carbocycles. The van der Waals surface area contributed by atoms with Gasteiger partial charge in [0.1, 0.15) is 10.7 Å².